The molecule has 2 N–H and O–H groups in total. The Morgan fingerprint density at radius 3 is 2.90 bits per heavy atom. The number of carbonyl (C=O) groups is 1. The zero-order chi connectivity index (χ0) is 15.4. The molecule has 118 valence electrons. The van der Waals surface area contributed by atoms with Crippen molar-refractivity contribution in [1.29, 1.82) is 0 Å². The highest BCUT2D eigenvalue weighted by molar-refractivity contribution is 5.74. The number of aromatic nitrogens is 3. The highest BCUT2D eigenvalue weighted by atomic mass is 16.5. The van der Waals surface area contributed by atoms with Crippen molar-refractivity contribution in [3.8, 4) is 0 Å². The maximum atomic E-state index is 12.2. The number of amides is 2. The number of H-pyrrole nitrogens is 1. The summed E-state index contributed by atoms with van der Waals surface area (Å²) in [5, 5.41) is 9.66. The van der Waals surface area contributed by atoms with Gasteiger partial charge in [0.2, 0.25) is 0 Å². The minimum atomic E-state index is -0.0594. The molecule has 1 aliphatic rings. The van der Waals surface area contributed by atoms with Crippen molar-refractivity contribution in [3.63, 3.8) is 0 Å². The van der Waals surface area contributed by atoms with Crippen LogP contribution in [0.2, 0.25) is 0 Å². The molecule has 1 aromatic heterocycles. The number of nitrogens with one attached hydrogen (secondary N) is 2. The maximum Gasteiger partial charge on any atom is 0.317 e. The van der Waals surface area contributed by atoms with Crippen LogP contribution in [0.15, 0.2) is 0 Å². The Morgan fingerprint density at radius 2 is 2.29 bits per heavy atom. The number of urea groups is 1. The number of ether oxygens (including phenoxy) is 1. The standard InChI is InChI=1S/C13H24N6O2/c1-9-6-19(7-10(9)18(2)3)13(20)14-5-11-15-12(8-21-4)17-16-11/h9-10H,5-8H2,1-4H3,(H,14,20)(H,15,16,17). The molecule has 1 aliphatic heterocycles. The Balaban J connectivity index is 1.82. The van der Waals surface area contributed by atoms with E-state index < -0.39 is 0 Å². The molecular formula is C13H24N6O2. The number of carbonyl (C=O) groups excluding carboxylic acids is 1. The number of hydrogen-bond donors (Lipinski definition) is 2. The quantitative estimate of drug-likeness (QED) is 0.801. The van der Waals surface area contributed by atoms with Crippen LogP contribution in [0.4, 0.5) is 4.79 Å². The van der Waals surface area contributed by atoms with Gasteiger partial charge < -0.3 is 19.9 Å². The largest absolute Gasteiger partial charge is 0.377 e. The highest BCUT2D eigenvalue weighted by Gasteiger charge is 2.33. The molecule has 0 aliphatic carbocycles. The van der Waals surface area contributed by atoms with Gasteiger partial charge in [0.1, 0.15) is 12.4 Å². The van der Waals surface area contributed by atoms with Gasteiger partial charge in [-0.15, -0.1) is 0 Å². The third kappa shape index (κ3) is 3.92. The number of likely N-dealkylation sites (N-methyl/N-ethyl adjacent to an activating group) is 1. The van der Waals surface area contributed by atoms with Crippen molar-refractivity contribution in [2.75, 3.05) is 34.3 Å². The first-order valence-electron chi connectivity index (χ1n) is 7.09. The van der Waals surface area contributed by atoms with E-state index in [-0.39, 0.29) is 6.03 Å². The van der Waals surface area contributed by atoms with Gasteiger partial charge in [-0.3, -0.25) is 5.10 Å². The first-order valence-corrected chi connectivity index (χ1v) is 7.09. The summed E-state index contributed by atoms with van der Waals surface area (Å²) in [7, 11) is 5.69. The molecule has 0 aromatic carbocycles. The zero-order valence-electron chi connectivity index (χ0n) is 13.1. The van der Waals surface area contributed by atoms with Crippen LogP contribution in [0.25, 0.3) is 0 Å². The monoisotopic (exact) mass is 296 g/mol. The van der Waals surface area contributed by atoms with Crippen LogP contribution < -0.4 is 5.32 Å². The lowest BCUT2D eigenvalue weighted by Gasteiger charge is -2.22. The van der Waals surface area contributed by atoms with Crippen LogP contribution >= 0.6 is 0 Å². The van der Waals surface area contributed by atoms with Crippen LogP contribution in [0.5, 0.6) is 0 Å². The molecule has 0 bridgehead atoms. The highest BCUT2D eigenvalue weighted by Crippen LogP contribution is 2.19. The van der Waals surface area contributed by atoms with Crippen molar-refractivity contribution < 1.29 is 9.53 Å². The van der Waals surface area contributed by atoms with Crippen LogP contribution in [0.3, 0.4) is 0 Å². The van der Waals surface area contributed by atoms with E-state index in [4.69, 9.17) is 4.74 Å². The molecule has 2 rings (SSSR count). The van der Waals surface area contributed by atoms with E-state index in [1.807, 2.05) is 4.90 Å². The number of hydrogen-bond acceptors (Lipinski definition) is 5. The summed E-state index contributed by atoms with van der Waals surface area (Å²) in [4.78, 5) is 20.4. The van der Waals surface area contributed by atoms with E-state index in [1.54, 1.807) is 7.11 Å². The summed E-state index contributed by atoms with van der Waals surface area (Å²) < 4.78 is 4.95. The van der Waals surface area contributed by atoms with Crippen LogP contribution in [-0.2, 0) is 17.9 Å². The smallest absolute Gasteiger partial charge is 0.317 e. The lowest BCUT2D eigenvalue weighted by molar-refractivity contribution is 0.178. The topological polar surface area (TPSA) is 86.4 Å². The number of aromatic amines is 1. The van der Waals surface area contributed by atoms with Gasteiger partial charge in [-0.2, -0.15) is 5.10 Å². The fraction of sp³-hybridized carbons (Fsp3) is 0.769. The average Bonchev–Trinajstić information content (AvgIpc) is 3.03. The van der Waals surface area contributed by atoms with E-state index in [0.717, 1.165) is 13.1 Å². The second kappa shape index (κ2) is 6.86. The Bertz CT molecular complexity index is 475. The molecule has 0 saturated carbocycles. The van der Waals surface area contributed by atoms with E-state index in [0.29, 0.717) is 36.8 Å². The fourth-order valence-corrected chi connectivity index (χ4v) is 2.67. The first kappa shape index (κ1) is 15.7. The van der Waals surface area contributed by atoms with Gasteiger partial charge in [0.15, 0.2) is 5.82 Å². The van der Waals surface area contributed by atoms with Crippen LogP contribution in [0.1, 0.15) is 18.6 Å². The van der Waals surface area contributed by atoms with Gasteiger partial charge in [-0.25, -0.2) is 9.78 Å². The molecule has 2 unspecified atom stereocenters. The van der Waals surface area contributed by atoms with E-state index >= 15 is 0 Å². The first-order chi connectivity index (χ1) is 10.0. The van der Waals surface area contributed by atoms with Crippen molar-refractivity contribution in [2.45, 2.75) is 26.1 Å². The summed E-state index contributed by atoms with van der Waals surface area (Å²) in [5.41, 5.74) is 0. The molecule has 1 fully saturated rings. The minimum absolute atomic E-state index is 0.0594. The zero-order valence-corrected chi connectivity index (χ0v) is 13.1. The molecule has 8 heteroatoms. The van der Waals surface area contributed by atoms with E-state index in [9.17, 15) is 4.79 Å². The third-order valence-electron chi connectivity index (χ3n) is 3.78. The van der Waals surface area contributed by atoms with Crippen LogP contribution in [-0.4, -0.2) is 71.3 Å². The molecule has 2 atom stereocenters. The summed E-state index contributed by atoms with van der Waals surface area (Å²) in [6.45, 7) is 4.41. The third-order valence-corrected chi connectivity index (χ3v) is 3.78. The summed E-state index contributed by atoms with van der Waals surface area (Å²) in [5.74, 6) is 1.69. The second-order valence-electron chi connectivity index (χ2n) is 5.70. The van der Waals surface area contributed by atoms with Crippen LogP contribution in [0, 0.1) is 5.92 Å². The van der Waals surface area contributed by atoms with Gasteiger partial charge in [-0.1, -0.05) is 6.92 Å². The van der Waals surface area contributed by atoms with Gasteiger partial charge in [0.25, 0.3) is 0 Å². The van der Waals surface area contributed by atoms with Gasteiger partial charge in [0, 0.05) is 26.2 Å². The SMILES string of the molecule is COCc1n[nH]c(CNC(=O)N2CC(C)C(N(C)C)C2)n1. The predicted molar refractivity (Wildman–Crippen MR) is 77.5 cm³/mol. The Morgan fingerprint density at radius 1 is 1.52 bits per heavy atom. The van der Waals surface area contributed by atoms with Crippen molar-refractivity contribution in [2.24, 2.45) is 5.92 Å². The Hall–Kier alpha value is -1.67. The second-order valence-corrected chi connectivity index (χ2v) is 5.70. The van der Waals surface area contributed by atoms with Gasteiger partial charge in [-0.05, 0) is 20.0 Å². The summed E-state index contributed by atoms with van der Waals surface area (Å²) in [6, 6.07) is 0.352. The number of nitrogens with zero attached hydrogens (tertiary/aromatic N) is 4. The molecule has 0 radical (unpaired) electrons. The maximum absolute atomic E-state index is 12.2. The number of likely N-dealkylation sites (tertiary alicyclic amines) is 1. The molecule has 2 heterocycles. The number of rotatable bonds is 5. The van der Waals surface area contributed by atoms with Crippen molar-refractivity contribution in [3.05, 3.63) is 11.6 Å². The minimum Gasteiger partial charge on any atom is -0.377 e. The normalized spacial score (nSPS) is 22.0. The van der Waals surface area contributed by atoms with E-state index in [2.05, 4.69) is 46.4 Å². The molecule has 2 amide bonds. The molecule has 21 heavy (non-hydrogen) atoms. The molecule has 1 saturated heterocycles. The van der Waals surface area contributed by atoms with Crippen molar-refractivity contribution >= 4 is 6.03 Å². The summed E-state index contributed by atoms with van der Waals surface area (Å²) in [6.07, 6.45) is 0. The molecule has 1 aromatic rings. The fourth-order valence-electron chi connectivity index (χ4n) is 2.67. The van der Waals surface area contributed by atoms with Gasteiger partial charge in [0.05, 0.1) is 6.54 Å². The summed E-state index contributed by atoms with van der Waals surface area (Å²) >= 11 is 0. The Labute approximate surface area is 124 Å². The predicted octanol–water partition coefficient (Wildman–Crippen LogP) is 0.0426. The molecule has 8 nitrogen and oxygen atoms in total. The Kier molecular flexibility index (Phi) is 5.13. The number of methoxy groups -OCH3 is 1. The lowest BCUT2D eigenvalue weighted by Crippen LogP contribution is -2.40. The van der Waals surface area contributed by atoms with Crippen molar-refractivity contribution in [1.82, 2.24) is 30.3 Å². The van der Waals surface area contributed by atoms with Gasteiger partial charge >= 0.3 is 6.03 Å². The van der Waals surface area contributed by atoms with E-state index in [1.165, 1.54) is 0 Å². The molecule has 0 spiro atoms. The molecular weight excluding hydrogens is 272 g/mol. The average molecular weight is 296 g/mol. The lowest BCUT2D eigenvalue weighted by atomic mass is 10.1.